The van der Waals surface area contributed by atoms with Crippen molar-refractivity contribution in [3.05, 3.63) is 34.6 Å². The lowest BCUT2D eigenvalue weighted by molar-refractivity contribution is 0.107. The summed E-state index contributed by atoms with van der Waals surface area (Å²) < 4.78 is 13.9. The third-order valence-electron chi connectivity index (χ3n) is 4.71. The first kappa shape index (κ1) is 14.8. The topological polar surface area (TPSA) is 26.0 Å². The Morgan fingerprint density at radius 1 is 1.21 bits per heavy atom. The van der Waals surface area contributed by atoms with Crippen LogP contribution in [0.5, 0.6) is 0 Å². The van der Waals surface area contributed by atoms with Crippen molar-refractivity contribution in [2.45, 2.75) is 46.0 Å². The minimum absolute atomic E-state index is 0.0152. The molecule has 0 spiro atoms. The Labute approximate surface area is 120 Å². The zero-order valence-corrected chi connectivity index (χ0v) is 12.6. The van der Waals surface area contributed by atoms with E-state index in [-0.39, 0.29) is 11.2 Å². The van der Waals surface area contributed by atoms with Crippen molar-refractivity contribution in [2.75, 3.05) is 6.54 Å². The molecule has 106 valence electrons. The first-order valence-electron chi connectivity index (χ1n) is 7.01. The maximum absolute atomic E-state index is 13.9. The summed E-state index contributed by atoms with van der Waals surface area (Å²) in [5, 5.41) is 0.526. The average Bonchev–Trinajstić information content (AvgIpc) is 2.37. The highest BCUT2D eigenvalue weighted by Crippen LogP contribution is 2.46. The van der Waals surface area contributed by atoms with Crippen molar-refractivity contribution in [3.63, 3.8) is 0 Å². The van der Waals surface area contributed by atoms with Gasteiger partial charge in [-0.2, -0.15) is 0 Å². The van der Waals surface area contributed by atoms with Gasteiger partial charge in [0, 0.05) is 10.6 Å². The van der Waals surface area contributed by atoms with Gasteiger partial charge in [-0.1, -0.05) is 31.5 Å². The lowest BCUT2D eigenvalue weighted by Crippen LogP contribution is -2.39. The Kier molecular flexibility index (Phi) is 4.22. The molecule has 0 bridgehead atoms. The van der Waals surface area contributed by atoms with Crippen molar-refractivity contribution in [2.24, 2.45) is 16.6 Å². The lowest BCUT2D eigenvalue weighted by atomic mass is 9.63. The van der Waals surface area contributed by atoms with Gasteiger partial charge >= 0.3 is 0 Å². The molecule has 1 saturated carbocycles. The fourth-order valence-corrected chi connectivity index (χ4v) is 3.22. The highest BCUT2D eigenvalue weighted by Gasteiger charge is 2.38. The van der Waals surface area contributed by atoms with E-state index in [0.29, 0.717) is 29.0 Å². The highest BCUT2D eigenvalue weighted by atomic mass is 35.5. The van der Waals surface area contributed by atoms with E-state index in [1.165, 1.54) is 6.07 Å². The van der Waals surface area contributed by atoms with Gasteiger partial charge in [0.2, 0.25) is 0 Å². The van der Waals surface area contributed by atoms with E-state index < -0.39 is 0 Å². The van der Waals surface area contributed by atoms with E-state index in [9.17, 15) is 4.39 Å². The monoisotopic (exact) mass is 283 g/mol. The molecule has 1 aromatic rings. The molecule has 0 aliphatic heterocycles. The SMILES string of the molecule is CC1(C)CCC(CN)(Cc2c(F)cccc2Cl)CC1. The third-order valence-corrected chi connectivity index (χ3v) is 5.06. The van der Waals surface area contributed by atoms with E-state index in [1.54, 1.807) is 12.1 Å². The summed E-state index contributed by atoms with van der Waals surface area (Å²) in [4.78, 5) is 0. The van der Waals surface area contributed by atoms with Gasteiger partial charge in [-0.05, 0) is 61.6 Å². The van der Waals surface area contributed by atoms with E-state index in [1.807, 2.05) is 0 Å². The summed E-state index contributed by atoms with van der Waals surface area (Å²) in [5.41, 5.74) is 7.04. The number of halogens is 2. The Bertz CT molecular complexity index is 426. The molecule has 1 fully saturated rings. The van der Waals surface area contributed by atoms with Crippen LogP contribution in [0.3, 0.4) is 0 Å². The average molecular weight is 284 g/mol. The van der Waals surface area contributed by atoms with Crippen molar-refractivity contribution in [3.8, 4) is 0 Å². The molecule has 0 heterocycles. The molecule has 0 atom stereocenters. The standard InChI is InChI=1S/C16H23ClFN/c1-15(2)6-8-16(11-19,9-7-15)10-12-13(17)4-3-5-14(12)18/h3-5H,6-11,19H2,1-2H3. The van der Waals surface area contributed by atoms with Crippen LogP contribution in [-0.2, 0) is 6.42 Å². The quantitative estimate of drug-likeness (QED) is 0.864. The normalized spacial score (nSPS) is 21.3. The molecular formula is C16H23ClFN. The lowest BCUT2D eigenvalue weighted by Gasteiger charge is -2.43. The molecule has 1 aromatic carbocycles. The molecule has 0 saturated heterocycles. The third kappa shape index (κ3) is 3.29. The number of hydrogen-bond donors (Lipinski definition) is 1. The van der Waals surface area contributed by atoms with Gasteiger partial charge in [-0.15, -0.1) is 0 Å². The smallest absolute Gasteiger partial charge is 0.127 e. The van der Waals surface area contributed by atoms with Crippen LogP contribution >= 0.6 is 11.6 Å². The maximum atomic E-state index is 13.9. The van der Waals surface area contributed by atoms with E-state index in [4.69, 9.17) is 17.3 Å². The van der Waals surface area contributed by atoms with Crippen molar-refractivity contribution in [1.82, 2.24) is 0 Å². The summed E-state index contributed by atoms with van der Waals surface area (Å²) in [6, 6.07) is 4.90. The molecule has 0 radical (unpaired) electrons. The minimum atomic E-state index is -0.204. The van der Waals surface area contributed by atoms with Gasteiger partial charge in [-0.3, -0.25) is 0 Å². The Morgan fingerprint density at radius 3 is 2.37 bits per heavy atom. The van der Waals surface area contributed by atoms with E-state index >= 15 is 0 Å². The first-order chi connectivity index (χ1) is 8.87. The van der Waals surface area contributed by atoms with Gasteiger partial charge in [0.15, 0.2) is 0 Å². The molecule has 1 aliphatic carbocycles. The minimum Gasteiger partial charge on any atom is -0.330 e. The number of hydrogen-bond acceptors (Lipinski definition) is 1. The number of nitrogens with two attached hydrogens (primary N) is 1. The second kappa shape index (κ2) is 5.41. The molecular weight excluding hydrogens is 261 g/mol. The van der Waals surface area contributed by atoms with Gasteiger partial charge in [0.25, 0.3) is 0 Å². The van der Waals surface area contributed by atoms with Gasteiger partial charge in [-0.25, -0.2) is 4.39 Å². The second-order valence-corrected chi connectivity index (χ2v) is 7.15. The second-order valence-electron chi connectivity index (χ2n) is 6.75. The molecule has 1 nitrogen and oxygen atoms in total. The van der Waals surface area contributed by atoms with Crippen LogP contribution < -0.4 is 5.73 Å². The van der Waals surface area contributed by atoms with Gasteiger partial charge in [0.05, 0.1) is 0 Å². The van der Waals surface area contributed by atoms with Crippen LogP contribution in [0.15, 0.2) is 18.2 Å². The first-order valence-corrected chi connectivity index (χ1v) is 7.38. The molecule has 2 rings (SSSR count). The molecule has 0 aromatic heterocycles. The molecule has 0 unspecified atom stereocenters. The number of rotatable bonds is 3. The summed E-state index contributed by atoms with van der Waals surface area (Å²) >= 11 is 6.14. The van der Waals surface area contributed by atoms with E-state index in [2.05, 4.69) is 13.8 Å². The van der Waals surface area contributed by atoms with Crippen LogP contribution in [0.25, 0.3) is 0 Å². The van der Waals surface area contributed by atoms with Crippen molar-refractivity contribution in [1.29, 1.82) is 0 Å². The van der Waals surface area contributed by atoms with Gasteiger partial charge < -0.3 is 5.73 Å². The van der Waals surface area contributed by atoms with Crippen LogP contribution in [0.1, 0.15) is 45.1 Å². The molecule has 0 amide bonds. The Balaban J connectivity index is 2.20. The van der Waals surface area contributed by atoms with E-state index in [0.717, 1.165) is 25.7 Å². The van der Waals surface area contributed by atoms with Gasteiger partial charge in [0.1, 0.15) is 5.82 Å². The fraction of sp³-hybridized carbons (Fsp3) is 0.625. The van der Waals surface area contributed by atoms with Crippen molar-refractivity contribution >= 4 is 11.6 Å². The predicted octanol–water partition coefficient (Wildman–Crippen LogP) is 4.57. The summed E-state index contributed by atoms with van der Waals surface area (Å²) in [7, 11) is 0. The molecule has 19 heavy (non-hydrogen) atoms. The largest absolute Gasteiger partial charge is 0.330 e. The molecule has 1 aliphatic rings. The van der Waals surface area contributed by atoms with Crippen LogP contribution in [-0.4, -0.2) is 6.54 Å². The summed E-state index contributed by atoms with van der Waals surface area (Å²) in [5.74, 6) is -0.204. The molecule has 2 N–H and O–H groups in total. The fourth-order valence-electron chi connectivity index (χ4n) is 2.99. The maximum Gasteiger partial charge on any atom is 0.127 e. The van der Waals surface area contributed by atoms with Crippen LogP contribution in [0.2, 0.25) is 5.02 Å². The Hall–Kier alpha value is -0.600. The van der Waals surface area contributed by atoms with Crippen LogP contribution in [0.4, 0.5) is 4.39 Å². The summed E-state index contributed by atoms with van der Waals surface area (Å²) in [6.07, 6.45) is 5.07. The zero-order chi connectivity index (χ0) is 14.1. The van der Waals surface area contributed by atoms with Crippen molar-refractivity contribution < 1.29 is 4.39 Å². The number of benzene rings is 1. The zero-order valence-electron chi connectivity index (χ0n) is 11.8. The highest BCUT2D eigenvalue weighted by molar-refractivity contribution is 6.31. The van der Waals surface area contributed by atoms with Crippen LogP contribution in [0, 0.1) is 16.6 Å². The predicted molar refractivity (Wildman–Crippen MR) is 78.9 cm³/mol. The summed E-state index contributed by atoms with van der Waals surface area (Å²) in [6.45, 7) is 5.20. The molecule has 3 heteroatoms. The Morgan fingerprint density at radius 2 is 1.84 bits per heavy atom.